The van der Waals surface area contributed by atoms with Crippen LogP contribution in [0.4, 0.5) is 0 Å². The minimum atomic E-state index is -0.147. The lowest BCUT2D eigenvalue weighted by Gasteiger charge is -2.32. The van der Waals surface area contributed by atoms with Gasteiger partial charge >= 0.3 is 0 Å². The Bertz CT molecular complexity index is 399. The number of carbonyl (C=O) groups excluding carboxylic acids is 1. The Morgan fingerprint density at radius 1 is 1.62 bits per heavy atom. The Labute approximate surface area is 98.4 Å². The molecular formula is C10H12ClN3O2. The first-order valence-corrected chi connectivity index (χ1v) is 5.42. The van der Waals surface area contributed by atoms with Crippen LogP contribution in [0, 0.1) is 0 Å². The highest BCUT2D eigenvalue weighted by atomic mass is 35.5. The summed E-state index contributed by atoms with van der Waals surface area (Å²) in [6.45, 7) is 3.63. The number of carbonyl (C=O) groups is 1. The van der Waals surface area contributed by atoms with Gasteiger partial charge in [-0.05, 0) is 6.92 Å². The van der Waals surface area contributed by atoms with Gasteiger partial charge in [0.1, 0.15) is 10.8 Å². The third-order valence-electron chi connectivity index (χ3n) is 2.45. The van der Waals surface area contributed by atoms with E-state index < -0.39 is 0 Å². The third-order valence-corrected chi connectivity index (χ3v) is 2.63. The SMILES string of the molecule is CC1COCCN1C(=O)c1cncc(Cl)n1. The Morgan fingerprint density at radius 3 is 3.12 bits per heavy atom. The van der Waals surface area contributed by atoms with E-state index in [-0.39, 0.29) is 22.8 Å². The van der Waals surface area contributed by atoms with E-state index in [1.54, 1.807) is 4.90 Å². The molecule has 0 aliphatic carbocycles. The molecule has 5 nitrogen and oxygen atoms in total. The fourth-order valence-corrected chi connectivity index (χ4v) is 1.77. The number of ether oxygens (including phenoxy) is 1. The van der Waals surface area contributed by atoms with E-state index in [1.807, 2.05) is 6.92 Å². The van der Waals surface area contributed by atoms with Crippen LogP contribution >= 0.6 is 11.6 Å². The molecule has 1 aromatic rings. The van der Waals surface area contributed by atoms with Crippen LogP contribution in [0.5, 0.6) is 0 Å². The highest BCUT2D eigenvalue weighted by molar-refractivity contribution is 6.29. The van der Waals surface area contributed by atoms with Crippen molar-refractivity contribution in [1.29, 1.82) is 0 Å². The van der Waals surface area contributed by atoms with E-state index in [4.69, 9.17) is 16.3 Å². The molecule has 0 saturated carbocycles. The molecule has 2 heterocycles. The molecule has 0 aromatic carbocycles. The molecule has 1 aliphatic rings. The van der Waals surface area contributed by atoms with Crippen LogP contribution in [0.15, 0.2) is 12.4 Å². The van der Waals surface area contributed by atoms with Crippen molar-refractivity contribution in [3.8, 4) is 0 Å². The number of hydrogen-bond donors (Lipinski definition) is 0. The molecule has 1 atom stereocenters. The Hall–Kier alpha value is -1.20. The van der Waals surface area contributed by atoms with Crippen molar-refractivity contribution >= 4 is 17.5 Å². The Balaban J connectivity index is 2.17. The summed E-state index contributed by atoms with van der Waals surface area (Å²) in [5.74, 6) is -0.147. The minimum absolute atomic E-state index is 0.0574. The molecule has 1 aliphatic heterocycles. The van der Waals surface area contributed by atoms with E-state index in [1.165, 1.54) is 12.4 Å². The fraction of sp³-hybridized carbons (Fsp3) is 0.500. The van der Waals surface area contributed by atoms with E-state index >= 15 is 0 Å². The number of amides is 1. The molecule has 1 amide bonds. The molecule has 0 spiro atoms. The molecule has 1 aromatic heterocycles. The largest absolute Gasteiger partial charge is 0.377 e. The average Bonchev–Trinajstić information content (AvgIpc) is 2.29. The first-order chi connectivity index (χ1) is 7.68. The van der Waals surface area contributed by atoms with Crippen LogP contribution < -0.4 is 0 Å². The molecule has 0 N–H and O–H groups in total. The van der Waals surface area contributed by atoms with Gasteiger partial charge in [0.2, 0.25) is 0 Å². The highest BCUT2D eigenvalue weighted by Crippen LogP contribution is 2.11. The van der Waals surface area contributed by atoms with Gasteiger partial charge in [0.05, 0.1) is 31.6 Å². The maximum atomic E-state index is 12.1. The van der Waals surface area contributed by atoms with Gasteiger partial charge in [-0.1, -0.05) is 11.6 Å². The first kappa shape index (κ1) is 11.3. The van der Waals surface area contributed by atoms with Gasteiger partial charge in [-0.3, -0.25) is 9.78 Å². The van der Waals surface area contributed by atoms with Crippen LogP contribution in [-0.2, 0) is 4.74 Å². The molecule has 0 radical (unpaired) electrons. The number of nitrogens with zero attached hydrogens (tertiary/aromatic N) is 3. The first-order valence-electron chi connectivity index (χ1n) is 5.05. The van der Waals surface area contributed by atoms with Crippen LogP contribution in [0.3, 0.4) is 0 Å². The van der Waals surface area contributed by atoms with Gasteiger partial charge in [0, 0.05) is 6.54 Å². The molecule has 6 heteroatoms. The van der Waals surface area contributed by atoms with Gasteiger partial charge in [0.15, 0.2) is 0 Å². The summed E-state index contributed by atoms with van der Waals surface area (Å²) in [7, 11) is 0. The van der Waals surface area contributed by atoms with Crippen molar-refractivity contribution in [3.63, 3.8) is 0 Å². The monoisotopic (exact) mass is 241 g/mol. The number of hydrogen-bond acceptors (Lipinski definition) is 4. The second kappa shape index (κ2) is 4.76. The van der Waals surface area contributed by atoms with Gasteiger partial charge in [-0.15, -0.1) is 0 Å². The van der Waals surface area contributed by atoms with Crippen molar-refractivity contribution < 1.29 is 9.53 Å². The molecule has 1 fully saturated rings. The lowest BCUT2D eigenvalue weighted by Crippen LogP contribution is -2.47. The predicted molar refractivity (Wildman–Crippen MR) is 58.4 cm³/mol. The van der Waals surface area contributed by atoms with Crippen molar-refractivity contribution in [2.75, 3.05) is 19.8 Å². The Morgan fingerprint density at radius 2 is 2.44 bits per heavy atom. The number of halogens is 1. The van der Waals surface area contributed by atoms with Crippen LogP contribution in [0.2, 0.25) is 5.15 Å². The van der Waals surface area contributed by atoms with Crippen LogP contribution in [0.1, 0.15) is 17.4 Å². The quantitative estimate of drug-likeness (QED) is 0.736. The molecule has 2 rings (SSSR count). The van der Waals surface area contributed by atoms with Crippen molar-refractivity contribution in [2.45, 2.75) is 13.0 Å². The summed E-state index contributed by atoms with van der Waals surface area (Å²) in [4.78, 5) is 21.6. The van der Waals surface area contributed by atoms with Gasteiger partial charge < -0.3 is 9.64 Å². The van der Waals surface area contributed by atoms with Gasteiger partial charge in [-0.2, -0.15) is 0 Å². The van der Waals surface area contributed by atoms with Crippen LogP contribution in [0.25, 0.3) is 0 Å². The van der Waals surface area contributed by atoms with Crippen molar-refractivity contribution in [1.82, 2.24) is 14.9 Å². The third kappa shape index (κ3) is 2.31. The van der Waals surface area contributed by atoms with Crippen molar-refractivity contribution in [2.24, 2.45) is 0 Å². The zero-order valence-electron chi connectivity index (χ0n) is 8.89. The van der Waals surface area contributed by atoms with Crippen LogP contribution in [-0.4, -0.2) is 46.6 Å². The summed E-state index contributed by atoms with van der Waals surface area (Å²) < 4.78 is 5.27. The normalized spacial score (nSPS) is 20.9. The predicted octanol–water partition coefficient (Wildman–Crippen LogP) is 0.991. The number of rotatable bonds is 1. The fourth-order valence-electron chi connectivity index (χ4n) is 1.62. The number of aromatic nitrogens is 2. The van der Waals surface area contributed by atoms with E-state index in [2.05, 4.69) is 9.97 Å². The van der Waals surface area contributed by atoms with E-state index in [0.29, 0.717) is 19.8 Å². The standard InChI is InChI=1S/C10H12ClN3O2/c1-7-6-16-3-2-14(7)10(15)8-4-12-5-9(11)13-8/h4-5,7H,2-3,6H2,1H3. The zero-order chi connectivity index (χ0) is 11.5. The summed E-state index contributed by atoms with van der Waals surface area (Å²) in [6, 6.07) is 0.0574. The van der Waals surface area contributed by atoms with Crippen molar-refractivity contribution in [3.05, 3.63) is 23.2 Å². The van der Waals surface area contributed by atoms with E-state index in [0.717, 1.165) is 0 Å². The molecule has 1 unspecified atom stereocenters. The molecular weight excluding hydrogens is 230 g/mol. The molecule has 1 saturated heterocycles. The molecule has 86 valence electrons. The van der Waals surface area contributed by atoms with E-state index in [9.17, 15) is 4.79 Å². The zero-order valence-corrected chi connectivity index (χ0v) is 9.65. The average molecular weight is 242 g/mol. The summed E-state index contributed by atoms with van der Waals surface area (Å²) in [6.07, 6.45) is 2.83. The van der Waals surface area contributed by atoms with Gasteiger partial charge in [-0.25, -0.2) is 4.98 Å². The summed E-state index contributed by atoms with van der Waals surface area (Å²) >= 11 is 5.70. The summed E-state index contributed by atoms with van der Waals surface area (Å²) in [5, 5.41) is 0.228. The maximum absolute atomic E-state index is 12.1. The number of morpholine rings is 1. The smallest absolute Gasteiger partial charge is 0.274 e. The molecule has 0 bridgehead atoms. The molecule has 16 heavy (non-hydrogen) atoms. The maximum Gasteiger partial charge on any atom is 0.274 e. The topological polar surface area (TPSA) is 55.3 Å². The Kier molecular flexibility index (Phi) is 3.36. The summed E-state index contributed by atoms with van der Waals surface area (Å²) in [5.41, 5.74) is 0.279. The highest BCUT2D eigenvalue weighted by Gasteiger charge is 2.25. The van der Waals surface area contributed by atoms with Gasteiger partial charge in [0.25, 0.3) is 5.91 Å². The second-order valence-electron chi connectivity index (χ2n) is 3.65. The second-order valence-corrected chi connectivity index (χ2v) is 4.04. The lowest BCUT2D eigenvalue weighted by atomic mass is 10.2. The lowest BCUT2D eigenvalue weighted by molar-refractivity contribution is 0.00324. The minimum Gasteiger partial charge on any atom is -0.377 e.